The number of rotatable bonds is 1. The van der Waals surface area contributed by atoms with Gasteiger partial charge in [-0.15, -0.1) is 0 Å². The fourth-order valence-corrected chi connectivity index (χ4v) is 3.26. The van der Waals surface area contributed by atoms with Crippen LogP contribution in [0.1, 0.15) is 30.4 Å². The summed E-state index contributed by atoms with van der Waals surface area (Å²) in [5, 5.41) is 1.21. The van der Waals surface area contributed by atoms with Crippen LogP contribution in [-0.4, -0.2) is 23.6 Å². The normalized spacial score (nSPS) is 26.2. The zero-order valence-electron chi connectivity index (χ0n) is 11.2. The molecule has 1 unspecified atom stereocenters. The van der Waals surface area contributed by atoms with Gasteiger partial charge in [-0.25, -0.2) is 0 Å². The van der Waals surface area contributed by atoms with E-state index in [1.165, 1.54) is 18.1 Å². The zero-order chi connectivity index (χ0) is 13.6. The summed E-state index contributed by atoms with van der Waals surface area (Å²) >= 11 is 0. The topological polar surface area (TPSA) is 68.1 Å². The molecule has 100 valence electrons. The van der Waals surface area contributed by atoms with E-state index < -0.39 is 5.54 Å². The molecule has 1 heterocycles. The second-order valence-electron chi connectivity index (χ2n) is 5.51. The Hall–Kier alpha value is -1.81. The lowest BCUT2D eigenvalue weighted by molar-refractivity contribution is -0.147. The van der Waals surface area contributed by atoms with Gasteiger partial charge in [-0.1, -0.05) is 19.1 Å². The van der Waals surface area contributed by atoms with Gasteiger partial charge in [-0.3, -0.25) is 4.79 Å². The molecule has 0 radical (unpaired) electrons. The SMILES string of the molecule is COC(=O)C1(N)Cc2c[nH]c3cccc(c23)[C@H](C)C1. The maximum Gasteiger partial charge on any atom is 0.326 e. The Balaban J connectivity index is 2.18. The molecule has 1 aromatic heterocycles. The number of nitrogens with one attached hydrogen (secondary N) is 1. The van der Waals surface area contributed by atoms with E-state index in [1.807, 2.05) is 12.3 Å². The number of benzene rings is 1. The van der Waals surface area contributed by atoms with Crippen molar-refractivity contribution in [1.29, 1.82) is 0 Å². The van der Waals surface area contributed by atoms with Crippen LogP contribution in [0.2, 0.25) is 0 Å². The van der Waals surface area contributed by atoms with E-state index in [-0.39, 0.29) is 11.9 Å². The largest absolute Gasteiger partial charge is 0.468 e. The first kappa shape index (κ1) is 12.2. The molecular weight excluding hydrogens is 240 g/mol. The number of aromatic amines is 1. The number of nitrogens with two attached hydrogens (primary N) is 1. The van der Waals surface area contributed by atoms with Crippen LogP contribution in [0.4, 0.5) is 0 Å². The molecule has 0 bridgehead atoms. The highest BCUT2D eigenvalue weighted by molar-refractivity contribution is 5.90. The number of aromatic nitrogens is 1. The lowest BCUT2D eigenvalue weighted by atomic mass is 9.85. The van der Waals surface area contributed by atoms with Crippen LogP contribution >= 0.6 is 0 Å². The maximum absolute atomic E-state index is 12.0. The van der Waals surface area contributed by atoms with Crippen molar-refractivity contribution in [2.24, 2.45) is 5.73 Å². The third-order valence-electron chi connectivity index (χ3n) is 4.12. The van der Waals surface area contributed by atoms with E-state index in [4.69, 9.17) is 10.5 Å². The van der Waals surface area contributed by atoms with Crippen molar-refractivity contribution in [1.82, 2.24) is 4.98 Å². The molecule has 0 amide bonds. The number of hydrogen-bond acceptors (Lipinski definition) is 3. The first-order chi connectivity index (χ1) is 9.05. The molecule has 1 aliphatic carbocycles. The van der Waals surface area contributed by atoms with Gasteiger partial charge < -0.3 is 15.5 Å². The molecule has 3 rings (SSSR count). The highest BCUT2D eigenvalue weighted by Crippen LogP contribution is 2.38. The minimum Gasteiger partial charge on any atom is -0.468 e. The summed E-state index contributed by atoms with van der Waals surface area (Å²) in [5.74, 6) is -0.105. The molecule has 2 aromatic rings. The van der Waals surface area contributed by atoms with E-state index in [0.29, 0.717) is 12.8 Å². The summed E-state index contributed by atoms with van der Waals surface area (Å²) in [6.45, 7) is 2.11. The molecule has 0 saturated carbocycles. The van der Waals surface area contributed by atoms with Gasteiger partial charge >= 0.3 is 5.97 Å². The number of esters is 1. The summed E-state index contributed by atoms with van der Waals surface area (Å²) in [4.78, 5) is 15.3. The number of hydrogen-bond donors (Lipinski definition) is 2. The molecule has 0 spiro atoms. The molecule has 1 aromatic carbocycles. The summed E-state index contributed by atoms with van der Waals surface area (Å²) in [7, 11) is 1.40. The standard InChI is InChI=1S/C15H18N2O2/c1-9-6-15(16,14(18)19-2)7-10-8-17-12-5-3-4-11(9)13(10)12/h3-5,8-9,17H,6-7,16H2,1-2H3/t9-,15?/m1/s1. The van der Waals surface area contributed by atoms with Gasteiger partial charge in [0.1, 0.15) is 5.54 Å². The van der Waals surface area contributed by atoms with Crippen LogP contribution in [0, 0.1) is 0 Å². The maximum atomic E-state index is 12.0. The summed E-state index contributed by atoms with van der Waals surface area (Å²) < 4.78 is 4.89. The fourth-order valence-electron chi connectivity index (χ4n) is 3.26. The molecule has 0 fully saturated rings. The Kier molecular flexibility index (Phi) is 2.64. The zero-order valence-corrected chi connectivity index (χ0v) is 11.2. The number of H-pyrrole nitrogens is 1. The van der Waals surface area contributed by atoms with E-state index in [1.54, 1.807) is 0 Å². The van der Waals surface area contributed by atoms with Gasteiger partial charge in [-0.2, -0.15) is 0 Å². The van der Waals surface area contributed by atoms with Crippen LogP contribution in [0.25, 0.3) is 10.9 Å². The van der Waals surface area contributed by atoms with Crippen molar-refractivity contribution in [2.75, 3.05) is 7.11 Å². The van der Waals surface area contributed by atoms with Crippen molar-refractivity contribution in [3.63, 3.8) is 0 Å². The summed E-state index contributed by atoms with van der Waals surface area (Å²) in [5.41, 5.74) is 8.85. The van der Waals surface area contributed by atoms with Crippen molar-refractivity contribution in [3.8, 4) is 0 Å². The van der Waals surface area contributed by atoms with Crippen molar-refractivity contribution >= 4 is 16.9 Å². The third kappa shape index (κ3) is 1.75. The Labute approximate surface area is 111 Å². The van der Waals surface area contributed by atoms with Crippen LogP contribution in [0.3, 0.4) is 0 Å². The molecule has 1 aliphatic rings. The van der Waals surface area contributed by atoms with Gasteiger partial charge in [0, 0.05) is 23.5 Å². The molecule has 19 heavy (non-hydrogen) atoms. The lowest BCUT2D eigenvalue weighted by Gasteiger charge is -2.27. The second kappa shape index (κ2) is 4.10. The van der Waals surface area contributed by atoms with Gasteiger partial charge in [0.05, 0.1) is 7.11 Å². The second-order valence-corrected chi connectivity index (χ2v) is 5.51. The van der Waals surface area contributed by atoms with Crippen molar-refractivity contribution in [3.05, 3.63) is 35.5 Å². The Morgan fingerprint density at radius 3 is 3.05 bits per heavy atom. The monoisotopic (exact) mass is 258 g/mol. The van der Waals surface area contributed by atoms with Gasteiger partial charge in [0.2, 0.25) is 0 Å². The fraction of sp³-hybridized carbons (Fsp3) is 0.400. The molecule has 0 saturated heterocycles. The average molecular weight is 258 g/mol. The first-order valence-electron chi connectivity index (χ1n) is 6.51. The molecule has 3 N–H and O–H groups in total. The highest BCUT2D eigenvalue weighted by Gasteiger charge is 2.40. The van der Waals surface area contributed by atoms with Gasteiger partial charge in [0.15, 0.2) is 0 Å². The Bertz CT molecular complexity index is 647. The minimum atomic E-state index is -0.942. The van der Waals surface area contributed by atoms with E-state index in [2.05, 4.69) is 24.0 Å². The quantitative estimate of drug-likeness (QED) is 0.770. The van der Waals surface area contributed by atoms with E-state index in [0.717, 1.165) is 11.1 Å². The number of ether oxygens (including phenoxy) is 1. The number of carbonyl (C=O) groups excluding carboxylic acids is 1. The smallest absolute Gasteiger partial charge is 0.326 e. The van der Waals surface area contributed by atoms with Crippen molar-refractivity contribution in [2.45, 2.75) is 31.2 Å². The average Bonchev–Trinajstić information content (AvgIpc) is 2.75. The minimum absolute atomic E-state index is 0.227. The third-order valence-corrected chi connectivity index (χ3v) is 4.12. The molecule has 0 aliphatic heterocycles. The predicted octanol–water partition coefficient (Wildman–Crippen LogP) is 2.09. The van der Waals surface area contributed by atoms with Crippen LogP contribution in [0.5, 0.6) is 0 Å². The van der Waals surface area contributed by atoms with Crippen LogP contribution in [-0.2, 0) is 16.0 Å². The van der Waals surface area contributed by atoms with E-state index >= 15 is 0 Å². The molecular formula is C15H18N2O2. The number of methoxy groups -OCH3 is 1. The molecule has 4 heteroatoms. The lowest BCUT2D eigenvalue weighted by Crippen LogP contribution is -2.51. The van der Waals surface area contributed by atoms with Crippen LogP contribution in [0.15, 0.2) is 24.4 Å². The summed E-state index contributed by atoms with van der Waals surface area (Å²) in [6.07, 6.45) is 3.07. The van der Waals surface area contributed by atoms with Gasteiger partial charge in [0.25, 0.3) is 0 Å². The van der Waals surface area contributed by atoms with Crippen LogP contribution < -0.4 is 5.73 Å². The number of carbonyl (C=O) groups is 1. The Morgan fingerprint density at radius 2 is 2.32 bits per heavy atom. The predicted molar refractivity (Wildman–Crippen MR) is 74.0 cm³/mol. The van der Waals surface area contributed by atoms with Crippen molar-refractivity contribution < 1.29 is 9.53 Å². The molecule has 4 nitrogen and oxygen atoms in total. The van der Waals surface area contributed by atoms with E-state index in [9.17, 15) is 4.79 Å². The first-order valence-corrected chi connectivity index (χ1v) is 6.51. The highest BCUT2D eigenvalue weighted by atomic mass is 16.5. The summed E-state index contributed by atoms with van der Waals surface area (Å²) in [6, 6.07) is 6.21. The van der Waals surface area contributed by atoms with Gasteiger partial charge in [-0.05, 0) is 29.5 Å². The Morgan fingerprint density at radius 1 is 1.53 bits per heavy atom. The molecule has 2 atom stereocenters.